The van der Waals surface area contributed by atoms with Gasteiger partial charge in [-0.2, -0.15) is 0 Å². The summed E-state index contributed by atoms with van der Waals surface area (Å²) in [6, 6.07) is 19.5. The van der Waals surface area contributed by atoms with Gasteiger partial charge in [0.15, 0.2) is 0 Å². The van der Waals surface area contributed by atoms with Gasteiger partial charge in [-0.1, -0.05) is 84.4 Å². The molecular weight excluding hydrogens is 296 g/mol. The lowest BCUT2D eigenvalue weighted by atomic mass is 9.99. The molecule has 0 nitrogen and oxygen atoms in total. The van der Waals surface area contributed by atoms with Crippen molar-refractivity contribution in [1.82, 2.24) is 0 Å². The van der Waals surface area contributed by atoms with Crippen molar-refractivity contribution < 1.29 is 0 Å². The molecule has 0 radical (unpaired) electrons. The smallest absolute Gasteiger partial charge is 0.0188 e. The number of rotatable bonds is 5. The molecular formula is C18H21Br. The van der Waals surface area contributed by atoms with Crippen molar-refractivity contribution in [2.45, 2.75) is 31.5 Å². The van der Waals surface area contributed by atoms with Crippen molar-refractivity contribution in [3.63, 3.8) is 0 Å². The van der Waals surface area contributed by atoms with Crippen molar-refractivity contribution in [2.24, 2.45) is 5.92 Å². The normalized spacial score (nSPS) is 12.6. The van der Waals surface area contributed by atoms with E-state index >= 15 is 0 Å². The fourth-order valence-electron chi connectivity index (χ4n) is 2.31. The molecule has 2 aromatic rings. The molecule has 0 bridgehead atoms. The van der Waals surface area contributed by atoms with Crippen LogP contribution >= 0.6 is 15.9 Å². The van der Waals surface area contributed by atoms with Crippen LogP contribution in [0.4, 0.5) is 0 Å². The first-order valence-corrected chi connectivity index (χ1v) is 7.85. The molecule has 1 atom stereocenters. The van der Waals surface area contributed by atoms with Crippen molar-refractivity contribution in [1.29, 1.82) is 0 Å². The second-order valence-corrected chi connectivity index (χ2v) is 6.79. The summed E-state index contributed by atoms with van der Waals surface area (Å²) in [6.45, 7) is 4.54. The molecule has 2 rings (SSSR count). The predicted octanol–water partition coefficient (Wildman–Crippen LogP) is 5.71. The number of alkyl halides is 1. The molecule has 0 amide bonds. The Morgan fingerprint density at radius 3 is 2.00 bits per heavy atom. The highest BCUT2D eigenvalue weighted by Crippen LogP contribution is 2.22. The van der Waals surface area contributed by atoms with Gasteiger partial charge in [-0.25, -0.2) is 0 Å². The quantitative estimate of drug-likeness (QED) is 0.620. The molecule has 1 heteroatoms. The summed E-state index contributed by atoms with van der Waals surface area (Å²) >= 11 is 3.78. The fraction of sp³-hybridized carbons (Fsp3) is 0.333. The van der Waals surface area contributed by atoms with Crippen LogP contribution in [0.25, 0.3) is 11.1 Å². The van der Waals surface area contributed by atoms with Crippen LogP contribution in [0.5, 0.6) is 0 Å². The van der Waals surface area contributed by atoms with Crippen LogP contribution in [0, 0.1) is 5.92 Å². The van der Waals surface area contributed by atoms with Crippen LogP contribution in [-0.2, 0) is 6.42 Å². The third-order valence-corrected chi connectivity index (χ3v) is 3.94. The summed E-state index contributed by atoms with van der Waals surface area (Å²) in [5, 5.41) is 0. The molecule has 2 aromatic carbocycles. The molecule has 0 saturated carbocycles. The van der Waals surface area contributed by atoms with Gasteiger partial charge in [0.2, 0.25) is 0 Å². The topological polar surface area (TPSA) is 0 Å². The average molecular weight is 317 g/mol. The summed E-state index contributed by atoms with van der Waals surface area (Å²) in [6.07, 6.45) is 2.33. The largest absolute Gasteiger partial charge is 0.0887 e. The van der Waals surface area contributed by atoms with Crippen LogP contribution in [-0.4, -0.2) is 4.83 Å². The maximum Gasteiger partial charge on any atom is 0.0188 e. The fourth-order valence-corrected chi connectivity index (χ4v) is 3.44. The Balaban J connectivity index is 2.03. The summed E-state index contributed by atoms with van der Waals surface area (Å²) in [5.74, 6) is 0.743. The standard InChI is InChI=1S/C18H21Br/c1-14(2)12-18(19)13-15-8-10-17(11-9-15)16-6-4-3-5-7-16/h3-11,14,18H,12-13H2,1-2H3. The lowest BCUT2D eigenvalue weighted by molar-refractivity contribution is 0.571. The Kier molecular flexibility index (Phi) is 5.21. The number of benzene rings is 2. The molecule has 0 aromatic heterocycles. The van der Waals surface area contributed by atoms with Crippen molar-refractivity contribution in [3.05, 3.63) is 60.2 Å². The molecule has 0 aliphatic heterocycles. The highest BCUT2D eigenvalue weighted by Gasteiger charge is 2.08. The number of halogens is 1. The van der Waals surface area contributed by atoms with Gasteiger partial charge in [-0.05, 0) is 35.4 Å². The Morgan fingerprint density at radius 2 is 1.42 bits per heavy atom. The van der Waals surface area contributed by atoms with Gasteiger partial charge >= 0.3 is 0 Å². The molecule has 0 saturated heterocycles. The van der Waals surface area contributed by atoms with Crippen molar-refractivity contribution in [2.75, 3.05) is 0 Å². The van der Waals surface area contributed by atoms with Gasteiger partial charge in [0, 0.05) is 4.83 Å². The van der Waals surface area contributed by atoms with E-state index in [4.69, 9.17) is 0 Å². The Labute approximate surface area is 125 Å². The van der Waals surface area contributed by atoms with E-state index in [2.05, 4.69) is 84.4 Å². The highest BCUT2D eigenvalue weighted by atomic mass is 79.9. The lowest BCUT2D eigenvalue weighted by Crippen LogP contribution is -2.06. The second kappa shape index (κ2) is 6.91. The van der Waals surface area contributed by atoms with Crippen LogP contribution in [0.3, 0.4) is 0 Å². The summed E-state index contributed by atoms with van der Waals surface area (Å²) in [4.78, 5) is 0.579. The third kappa shape index (κ3) is 4.50. The van der Waals surface area contributed by atoms with Crippen LogP contribution in [0.2, 0.25) is 0 Å². The number of hydrogen-bond donors (Lipinski definition) is 0. The van der Waals surface area contributed by atoms with E-state index in [1.165, 1.54) is 23.1 Å². The molecule has 1 unspecified atom stereocenters. The van der Waals surface area contributed by atoms with E-state index in [-0.39, 0.29) is 0 Å². The van der Waals surface area contributed by atoms with Gasteiger partial charge in [0.1, 0.15) is 0 Å². The zero-order valence-corrected chi connectivity index (χ0v) is 13.2. The summed E-state index contributed by atoms with van der Waals surface area (Å²) in [5.41, 5.74) is 3.98. The van der Waals surface area contributed by atoms with Gasteiger partial charge in [-0.15, -0.1) is 0 Å². The minimum Gasteiger partial charge on any atom is -0.0887 e. The molecule has 100 valence electrons. The van der Waals surface area contributed by atoms with E-state index in [9.17, 15) is 0 Å². The molecule has 0 fully saturated rings. The van der Waals surface area contributed by atoms with Crippen molar-refractivity contribution in [3.8, 4) is 11.1 Å². The molecule has 0 aliphatic carbocycles. The summed E-state index contributed by atoms with van der Waals surface area (Å²) < 4.78 is 0. The van der Waals surface area contributed by atoms with Gasteiger partial charge < -0.3 is 0 Å². The van der Waals surface area contributed by atoms with Crippen LogP contribution in [0.15, 0.2) is 54.6 Å². The average Bonchev–Trinajstić information content (AvgIpc) is 2.39. The molecule has 0 spiro atoms. The Morgan fingerprint density at radius 1 is 0.842 bits per heavy atom. The molecule has 19 heavy (non-hydrogen) atoms. The van der Waals surface area contributed by atoms with Gasteiger partial charge in [0.25, 0.3) is 0 Å². The zero-order chi connectivity index (χ0) is 13.7. The monoisotopic (exact) mass is 316 g/mol. The maximum absolute atomic E-state index is 3.78. The lowest BCUT2D eigenvalue weighted by Gasteiger charge is -2.12. The maximum atomic E-state index is 3.78. The van der Waals surface area contributed by atoms with Gasteiger partial charge in [-0.3, -0.25) is 0 Å². The minimum atomic E-state index is 0.579. The first-order valence-electron chi connectivity index (χ1n) is 6.93. The third-order valence-electron chi connectivity index (χ3n) is 3.25. The first kappa shape index (κ1) is 14.3. The minimum absolute atomic E-state index is 0.579. The van der Waals surface area contributed by atoms with E-state index < -0.39 is 0 Å². The Hall–Kier alpha value is -1.08. The SMILES string of the molecule is CC(C)CC(Br)Cc1ccc(-c2ccccc2)cc1. The first-order chi connectivity index (χ1) is 9.15. The molecule has 0 N–H and O–H groups in total. The van der Waals surface area contributed by atoms with E-state index in [0.29, 0.717) is 4.83 Å². The highest BCUT2D eigenvalue weighted by molar-refractivity contribution is 9.09. The number of hydrogen-bond acceptors (Lipinski definition) is 0. The Bertz CT molecular complexity index is 485. The van der Waals surface area contributed by atoms with E-state index in [1.54, 1.807) is 0 Å². The predicted molar refractivity (Wildman–Crippen MR) is 87.8 cm³/mol. The van der Waals surface area contributed by atoms with Gasteiger partial charge in [0.05, 0.1) is 0 Å². The van der Waals surface area contributed by atoms with E-state index in [0.717, 1.165) is 12.3 Å². The zero-order valence-electron chi connectivity index (χ0n) is 11.6. The van der Waals surface area contributed by atoms with E-state index in [1.807, 2.05) is 0 Å². The second-order valence-electron chi connectivity index (χ2n) is 5.49. The van der Waals surface area contributed by atoms with Crippen molar-refractivity contribution >= 4 is 15.9 Å². The summed E-state index contributed by atoms with van der Waals surface area (Å²) in [7, 11) is 0. The molecule has 0 heterocycles. The van der Waals surface area contributed by atoms with Crippen LogP contribution < -0.4 is 0 Å². The molecule has 0 aliphatic rings. The van der Waals surface area contributed by atoms with Crippen LogP contribution in [0.1, 0.15) is 25.8 Å².